The lowest BCUT2D eigenvalue weighted by Gasteiger charge is -2.38. The molecule has 0 aliphatic carbocycles. The van der Waals surface area contributed by atoms with E-state index in [2.05, 4.69) is 11.8 Å². The molecule has 2 aromatic rings. The molecule has 1 heterocycles. The van der Waals surface area contributed by atoms with Crippen LogP contribution in [0.15, 0.2) is 42.5 Å². The maximum Gasteiger partial charge on any atom is 0.164 e. The Labute approximate surface area is 140 Å². The van der Waals surface area contributed by atoms with Gasteiger partial charge in [-0.15, -0.1) is 0 Å². The summed E-state index contributed by atoms with van der Waals surface area (Å²) in [7, 11) is 0. The second-order valence-electron chi connectivity index (χ2n) is 5.60. The highest BCUT2D eigenvalue weighted by atomic mass is 35.5. The molecule has 0 radical (unpaired) electrons. The van der Waals surface area contributed by atoms with Crippen molar-refractivity contribution < 1.29 is 13.9 Å². The summed E-state index contributed by atoms with van der Waals surface area (Å²) in [4.78, 5) is 2.26. The predicted molar refractivity (Wildman–Crippen MR) is 88.7 cm³/mol. The number of hydrogen-bond acceptors (Lipinski definition) is 3. The van der Waals surface area contributed by atoms with Crippen molar-refractivity contribution >= 4 is 11.6 Å². The van der Waals surface area contributed by atoms with E-state index in [0.29, 0.717) is 23.1 Å². The van der Waals surface area contributed by atoms with E-state index < -0.39 is 0 Å². The Kier molecular flexibility index (Phi) is 5.03. The molecule has 1 aliphatic rings. The summed E-state index contributed by atoms with van der Waals surface area (Å²) in [5.74, 6) is 0.663. The highest BCUT2D eigenvalue weighted by Crippen LogP contribution is 2.31. The van der Waals surface area contributed by atoms with E-state index in [9.17, 15) is 4.39 Å². The summed E-state index contributed by atoms with van der Waals surface area (Å²) in [5.41, 5.74) is 0.952. The van der Waals surface area contributed by atoms with E-state index in [1.807, 2.05) is 24.3 Å². The first-order valence-corrected chi connectivity index (χ1v) is 8.07. The molecule has 5 heteroatoms. The lowest BCUT2D eigenvalue weighted by molar-refractivity contribution is 0.0215. The van der Waals surface area contributed by atoms with Gasteiger partial charge in [0.05, 0.1) is 0 Å². The molecule has 0 aromatic heterocycles. The Morgan fingerprint density at radius 1 is 1.17 bits per heavy atom. The van der Waals surface area contributed by atoms with E-state index in [4.69, 9.17) is 21.1 Å². The Balaban J connectivity index is 1.66. The normalized spacial score (nSPS) is 15.3. The average Bonchev–Trinajstić information content (AvgIpc) is 2.49. The van der Waals surface area contributed by atoms with Gasteiger partial charge in [-0.25, -0.2) is 4.39 Å². The fourth-order valence-corrected chi connectivity index (χ4v) is 2.73. The Morgan fingerprint density at radius 2 is 2.00 bits per heavy atom. The Morgan fingerprint density at radius 3 is 2.74 bits per heavy atom. The van der Waals surface area contributed by atoms with Gasteiger partial charge in [-0.1, -0.05) is 30.7 Å². The molecule has 2 aromatic carbocycles. The summed E-state index contributed by atoms with van der Waals surface area (Å²) >= 11 is 5.97. The van der Waals surface area contributed by atoms with Crippen LogP contribution in [0.2, 0.25) is 5.02 Å². The van der Waals surface area contributed by atoms with Crippen molar-refractivity contribution in [2.45, 2.75) is 19.6 Å². The first-order valence-electron chi connectivity index (χ1n) is 7.70. The molecular weight excluding hydrogens is 317 g/mol. The maximum atomic E-state index is 13.5. The smallest absolute Gasteiger partial charge is 0.164 e. The fraction of sp³-hybridized carbons (Fsp3) is 0.333. The van der Waals surface area contributed by atoms with Gasteiger partial charge in [0.25, 0.3) is 0 Å². The number of hydrogen-bond donors (Lipinski definition) is 0. The maximum absolute atomic E-state index is 13.5. The largest absolute Gasteiger partial charge is 0.485 e. The monoisotopic (exact) mass is 335 g/mol. The lowest BCUT2D eigenvalue weighted by atomic mass is 10.1. The average molecular weight is 336 g/mol. The van der Waals surface area contributed by atoms with Crippen molar-refractivity contribution in [3.8, 4) is 11.5 Å². The van der Waals surface area contributed by atoms with Crippen LogP contribution in [-0.4, -0.2) is 30.6 Å². The van der Waals surface area contributed by atoms with Crippen LogP contribution in [0.3, 0.4) is 0 Å². The fourth-order valence-electron chi connectivity index (χ4n) is 2.52. The summed E-state index contributed by atoms with van der Waals surface area (Å²) in [5, 5.41) is 0.663. The molecule has 0 spiro atoms. The van der Waals surface area contributed by atoms with Gasteiger partial charge in [-0.3, -0.25) is 4.90 Å². The Bertz CT molecular complexity index is 674. The number of likely N-dealkylation sites (N-methyl/N-ethyl adjacent to an activating group) is 1. The number of likely N-dealkylation sites (tertiary alicyclic amines) is 1. The first kappa shape index (κ1) is 16.1. The molecule has 122 valence electrons. The van der Waals surface area contributed by atoms with Gasteiger partial charge >= 0.3 is 0 Å². The van der Waals surface area contributed by atoms with E-state index in [1.165, 1.54) is 12.1 Å². The van der Waals surface area contributed by atoms with Crippen LogP contribution in [-0.2, 0) is 6.61 Å². The second kappa shape index (κ2) is 7.20. The van der Waals surface area contributed by atoms with Gasteiger partial charge in [0.1, 0.15) is 18.5 Å². The zero-order valence-electron chi connectivity index (χ0n) is 13.0. The molecule has 0 saturated carbocycles. The molecule has 3 rings (SSSR count). The number of rotatable bonds is 6. The third-order valence-corrected chi connectivity index (χ3v) is 4.09. The molecular formula is C18H19ClFNO2. The van der Waals surface area contributed by atoms with E-state index in [1.54, 1.807) is 6.07 Å². The zero-order chi connectivity index (χ0) is 16.2. The second-order valence-corrected chi connectivity index (χ2v) is 6.04. The summed E-state index contributed by atoms with van der Waals surface area (Å²) in [6.07, 6.45) is 0.0882. The molecule has 1 fully saturated rings. The Hall–Kier alpha value is -1.78. The molecule has 0 bridgehead atoms. The highest BCUT2D eigenvalue weighted by Gasteiger charge is 2.27. The molecule has 1 saturated heterocycles. The van der Waals surface area contributed by atoms with Gasteiger partial charge in [-0.2, -0.15) is 0 Å². The van der Waals surface area contributed by atoms with E-state index >= 15 is 0 Å². The third kappa shape index (κ3) is 4.15. The van der Waals surface area contributed by atoms with Crippen molar-refractivity contribution in [1.29, 1.82) is 0 Å². The zero-order valence-corrected chi connectivity index (χ0v) is 13.7. The minimum absolute atomic E-state index is 0.0882. The SMILES string of the molecule is CCN1CC(Oc2cc(F)ccc2OCc2cccc(Cl)c2)C1. The topological polar surface area (TPSA) is 21.7 Å². The number of nitrogens with zero attached hydrogens (tertiary/aromatic N) is 1. The van der Waals surface area contributed by atoms with Gasteiger partial charge in [0.15, 0.2) is 11.5 Å². The van der Waals surface area contributed by atoms with Crippen LogP contribution in [0.5, 0.6) is 11.5 Å². The van der Waals surface area contributed by atoms with Gasteiger partial charge in [-0.05, 0) is 36.4 Å². The van der Waals surface area contributed by atoms with Crippen LogP contribution < -0.4 is 9.47 Å². The van der Waals surface area contributed by atoms with Crippen LogP contribution in [0, 0.1) is 5.82 Å². The first-order chi connectivity index (χ1) is 11.1. The molecule has 3 nitrogen and oxygen atoms in total. The van der Waals surface area contributed by atoms with Gasteiger partial charge in [0.2, 0.25) is 0 Å². The van der Waals surface area contributed by atoms with Crippen molar-refractivity contribution in [3.63, 3.8) is 0 Å². The van der Waals surface area contributed by atoms with Crippen LogP contribution in [0.1, 0.15) is 12.5 Å². The molecule has 0 N–H and O–H groups in total. The van der Waals surface area contributed by atoms with Crippen LogP contribution in [0.25, 0.3) is 0 Å². The minimum Gasteiger partial charge on any atom is -0.485 e. The van der Waals surface area contributed by atoms with Gasteiger partial charge in [0, 0.05) is 24.2 Å². The summed E-state index contributed by atoms with van der Waals surface area (Å²) in [6, 6.07) is 11.8. The lowest BCUT2D eigenvalue weighted by Crippen LogP contribution is -2.53. The van der Waals surface area contributed by atoms with E-state index in [0.717, 1.165) is 25.2 Å². The van der Waals surface area contributed by atoms with E-state index in [-0.39, 0.29) is 11.9 Å². The summed E-state index contributed by atoms with van der Waals surface area (Å²) < 4.78 is 25.2. The quantitative estimate of drug-likeness (QED) is 0.792. The number of halogens is 2. The molecule has 23 heavy (non-hydrogen) atoms. The standard InChI is InChI=1S/C18H19ClFNO2/c1-2-21-10-16(11-21)23-18-9-15(20)6-7-17(18)22-12-13-4-3-5-14(19)8-13/h3-9,16H,2,10-12H2,1H3. The van der Waals surface area contributed by atoms with Gasteiger partial charge < -0.3 is 9.47 Å². The highest BCUT2D eigenvalue weighted by molar-refractivity contribution is 6.30. The molecule has 1 aliphatic heterocycles. The summed E-state index contributed by atoms with van der Waals surface area (Å²) in [6.45, 7) is 5.19. The van der Waals surface area contributed by atoms with Crippen LogP contribution >= 0.6 is 11.6 Å². The van der Waals surface area contributed by atoms with Crippen molar-refractivity contribution in [3.05, 3.63) is 58.9 Å². The molecule has 0 amide bonds. The minimum atomic E-state index is -0.332. The molecule has 0 unspecified atom stereocenters. The number of ether oxygens (including phenoxy) is 2. The van der Waals surface area contributed by atoms with Crippen molar-refractivity contribution in [2.24, 2.45) is 0 Å². The predicted octanol–water partition coefficient (Wildman–Crippen LogP) is 4.14. The third-order valence-electron chi connectivity index (χ3n) is 3.85. The van der Waals surface area contributed by atoms with Crippen molar-refractivity contribution in [1.82, 2.24) is 4.90 Å². The van der Waals surface area contributed by atoms with Crippen LogP contribution in [0.4, 0.5) is 4.39 Å². The number of benzene rings is 2. The molecule has 0 atom stereocenters. The van der Waals surface area contributed by atoms with Crippen molar-refractivity contribution in [2.75, 3.05) is 19.6 Å².